The van der Waals surface area contributed by atoms with E-state index in [1.54, 1.807) is 0 Å². The average Bonchev–Trinajstić information content (AvgIpc) is 3.72. The number of rotatable bonds is 9. The number of aliphatic carboxylic acids is 1. The number of fused-ring (bicyclic) bond motifs is 3. The summed E-state index contributed by atoms with van der Waals surface area (Å²) in [5, 5.41) is 12.1. The number of hydrogen-bond donors (Lipinski definition) is 2. The van der Waals surface area contributed by atoms with Crippen LogP contribution in [0.4, 0.5) is 4.79 Å². The number of carboxylic acids is 1. The third kappa shape index (κ3) is 5.77. The second kappa shape index (κ2) is 12.0. The van der Waals surface area contributed by atoms with Crippen LogP contribution in [-0.4, -0.2) is 71.2 Å². The predicted octanol–water partition coefficient (Wildman–Crippen LogP) is 4.88. The van der Waals surface area contributed by atoms with Gasteiger partial charge in [0.1, 0.15) is 12.1 Å². The minimum Gasteiger partial charge on any atom is -0.481 e. The van der Waals surface area contributed by atoms with Crippen LogP contribution in [0.2, 0.25) is 0 Å². The molecule has 3 aromatic carbocycles. The molecule has 3 aliphatic rings. The number of amides is 2. The zero-order valence-electron chi connectivity index (χ0n) is 23.7. The summed E-state index contributed by atoms with van der Waals surface area (Å²) in [6, 6.07) is 26.5. The van der Waals surface area contributed by atoms with Crippen LogP contribution < -0.4 is 5.32 Å². The van der Waals surface area contributed by atoms with E-state index in [4.69, 9.17) is 9.84 Å². The molecule has 2 N–H and O–H groups in total. The van der Waals surface area contributed by atoms with E-state index < -0.39 is 17.6 Å². The fraction of sp³-hybridized carbons (Fsp3) is 0.382. The lowest BCUT2D eigenvalue weighted by Gasteiger charge is -2.33. The topological polar surface area (TPSA) is 99.2 Å². The molecule has 2 heterocycles. The zero-order chi connectivity index (χ0) is 29.1. The Labute approximate surface area is 246 Å². The molecule has 2 unspecified atom stereocenters. The highest BCUT2D eigenvalue weighted by Crippen LogP contribution is 2.44. The molecule has 3 aromatic rings. The smallest absolute Gasteiger partial charge is 0.408 e. The van der Waals surface area contributed by atoms with Crippen molar-refractivity contribution in [2.45, 2.75) is 43.7 Å². The van der Waals surface area contributed by atoms with Crippen molar-refractivity contribution in [3.05, 3.63) is 95.6 Å². The highest BCUT2D eigenvalue weighted by Gasteiger charge is 2.49. The summed E-state index contributed by atoms with van der Waals surface area (Å²) in [6.45, 7) is 3.00. The lowest BCUT2D eigenvalue weighted by atomic mass is 9.96. The second-order valence-corrected chi connectivity index (χ2v) is 11.8. The van der Waals surface area contributed by atoms with Gasteiger partial charge >= 0.3 is 12.1 Å². The van der Waals surface area contributed by atoms with E-state index in [2.05, 4.69) is 46.6 Å². The summed E-state index contributed by atoms with van der Waals surface area (Å²) < 4.78 is 5.87. The molecular weight excluding hydrogens is 530 g/mol. The first-order valence-corrected chi connectivity index (χ1v) is 14.8. The lowest BCUT2D eigenvalue weighted by Crippen LogP contribution is -2.61. The zero-order valence-corrected chi connectivity index (χ0v) is 23.7. The Morgan fingerprint density at radius 2 is 1.57 bits per heavy atom. The molecule has 1 aliphatic carbocycles. The molecule has 0 radical (unpaired) electrons. The number of nitrogens with one attached hydrogen (secondary N) is 1. The maximum absolute atomic E-state index is 14.1. The molecule has 2 atom stereocenters. The van der Waals surface area contributed by atoms with E-state index in [0.29, 0.717) is 45.6 Å². The maximum Gasteiger partial charge on any atom is 0.408 e. The summed E-state index contributed by atoms with van der Waals surface area (Å²) in [5.41, 5.74) is 4.64. The molecule has 0 bridgehead atoms. The molecule has 2 saturated heterocycles. The quantitative estimate of drug-likeness (QED) is 0.382. The second-order valence-electron chi connectivity index (χ2n) is 11.8. The number of nitrogens with zero attached hydrogens (tertiary/aromatic N) is 2. The minimum atomic E-state index is -1.10. The molecule has 218 valence electrons. The molecule has 8 nitrogen and oxygen atoms in total. The first kappa shape index (κ1) is 28.0. The van der Waals surface area contributed by atoms with E-state index >= 15 is 0 Å². The fourth-order valence-corrected chi connectivity index (χ4v) is 6.91. The molecule has 0 spiro atoms. The van der Waals surface area contributed by atoms with E-state index in [1.807, 2.05) is 47.4 Å². The Balaban J connectivity index is 1.16. The lowest BCUT2D eigenvalue weighted by molar-refractivity contribution is -0.137. The molecule has 2 amide bonds. The van der Waals surface area contributed by atoms with Crippen LogP contribution in [0.3, 0.4) is 0 Å². The largest absolute Gasteiger partial charge is 0.481 e. The normalized spacial score (nSPS) is 21.6. The monoisotopic (exact) mass is 567 g/mol. The van der Waals surface area contributed by atoms with Gasteiger partial charge in [-0.3, -0.25) is 14.5 Å². The van der Waals surface area contributed by atoms with Gasteiger partial charge in [-0.05, 0) is 53.0 Å². The number of hydrogen-bond acceptors (Lipinski definition) is 5. The molecule has 6 rings (SSSR count). The van der Waals surface area contributed by atoms with Crippen LogP contribution in [0.5, 0.6) is 0 Å². The Bertz CT molecular complexity index is 1410. The Morgan fingerprint density at radius 3 is 2.26 bits per heavy atom. The third-order valence-electron chi connectivity index (χ3n) is 9.03. The van der Waals surface area contributed by atoms with E-state index in [-0.39, 0.29) is 30.8 Å². The van der Waals surface area contributed by atoms with Crippen molar-refractivity contribution in [1.29, 1.82) is 0 Å². The van der Waals surface area contributed by atoms with Gasteiger partial charge in [0, 0.05) is 45.1 Å². The van der Waals surface area contributed by atoms with Crippen LogP contribution >= 0.6 is 0 Å². The van der Waals surface area contributed by atoms with Gasteiger partial charge in [-0.15, -0.1) is 0 Å². The van der Waals surface area contributed by atoms with Crippen molar-refractivity contribution in [3.63, 3.8) is 0 Å². The van der Waals surface area contributed by atoms with Crippen molar-refractivity contribution in [1.82, 2.24) is 15.1 Å². The predicted molar refractivity (Wildman–Crippen MR) is 159 cm³/mol. The molecule has 8 heteroatoms. The van der Waals surface area contributed by atoms with Crippen LogP contribution in [0, 0.1) is 5.92 Å². The summed E-state index contributed by atoms with van der Waals surface area (Å²) >= 11 is 0. The number of carboxylic acid groups (broad SMARTS) is 1. The fourth-order valence-electron chi connectivity index (χ4n) is 6.91. The molecule has 0 aromatic heterocycles. The molecule has 0 saturated carbocycles. The minimum absolute atomic E-state index is 0.0680. The number of carbonyl (C=O) groups is 3. The first-order chi connectivity index (χ1) is 20.4. The van der Waals surface area contributed by atoms with Gasteiger partial charge in [0.15, 0.2) is 0 Å². The van der Waals surface area contributed by atoms with Crippen molar-refractivity contribution >= 4 is 18.0 Å². The molecule has 42 heavy (non-hydrogen) atoms. The summed E-state index contributed by atoms with van der Waals surface area (Å²) in [6.07, 6.45) is 1.31. The molecular formula is C34H37N3O5. The first-order valence-electron chi connectivity index (χ1n) is 14.8. The van der Waals surface area contributed by atoms with Crippen molar-refractivity contribution < 1.29 is 24.2 Å². The number of alkyl carbamates (subject to hydrolysis) is 1. The highest BCUT2D eigenvalue weighted by molar-refractivity contribution is 5.91. The summed E-state index contributed by atoms with van der Waals surface area (Å²) in [5.74, 6) is -0.843. The Morgan fingerprint density at radius 1 is 0.905 bits per heavy atom. The van der Waals surface area contributed by atoms with Crippen LogP contribution in [-0.2, 0) is 20.9 Å². The molecule has 2 aliphatic heterocycles. The highest BCUT2D eigenvalue weighted by atomic mass is 16.5. The van der Waals surface area contributed by atoms with Crippen molar-refractivity contribution in [2.75, 3.05) is 32.8 Å². The van der Waals surface area contributed by atoms with Gasteiger partial charge in [-0.1, -0.05) is 78.9 Å². The number of likely N-dealkylation sites (tertiary alicyclic amines) is 2. The SMILES string of the molecule is O=C(O)CCC1CCN(C(=O)C2(NC(=O)OCC3c4ccccc4-c4ccccc43)CCN(Cc3ccccc3)C2)C1. The molecule has 2 fully saturated rings. The third-order valence-corrected chi connectivity index (χ3v) is 9.03. The van der Waals surface area contributed by atoms with Gasteiger partial charge in [-0.2, -0.15) is 0 Å². The van der Waals surface area contributed by atoms with E-state index in [0.717, 1.165) is 34.2 Å². The van der Waals surface area contributed by atoms with Gasteiger partial charge in [-0.25, -0.2) is 4.79 Å². The van der Waals surface area contributed by atoms with Gasteiger partial charge in [0.25, 0.3) is 0 Å². The number of ether oxygens (including phenoxy) is 1. The van der Waals surface area contributed by atoms with Crippen molar-refractivity contribution in [2.24, 2.45) is 5.92 Å². The standard InChI is InChI=1S/C34H37N3O5/c38-31(39)15-14-25-16-18-37(21-25)32(40)34(17-19-36(23-34)20-24-8-2-1-3-9-24)35-33(41)42-22-30-28-12-6-4-10-26(28)27-11-5-7-13-29(27)30/h1-13,25,30H,14-23H2,(H,35,41)(H,38,39). The van der Waals surface area contributed by atoms with Gasteiger partial charge in [0.05, 0.1) is 0 Å². The van der Waals surface area contributed by atoms with Crippen LogP contribution in [0.1, 0.15) is 48.3 Å². The van der Waals surface area contributed by atoms with Crippen LogP contribution in [0.15, 0.2) is 78.9 Å². The van der Waals surface area contributed by atoms with Gasteiger partial charge in [0.2, 0.25) is 5.91 Å². The Hall–Kier alpha value is -4.17. The number of benzene rings is 3. The summed E-state index contributed by atoms with van der Waals surface area (Å²) in [4.78, 5) is 42.6. The number of carbonyl (C=O) groups excluding carboxylic acids is 2. The van der Waals surface area contributed by atoms with Gasteiger partial charge < -0.3 is 20.1 Å². The van der Waals surface area contributed by atoms with E-state index in [1.165, 1.54) is 0 Å². The van der Waals surface area contributed by atoms with E-state index in [9.17, 15) is 14.4 Å². The Kier molecular flexibility index (Phi) is 7.98. The van der Waals surface area contributed by atoms with Crippen LogP contribution in [0.25, 0.3) is 11.1 Å². The average molecular weight is 568 g/mol. The maximum atomic E-state index is 14.1. The van der Waals surface area contributed by atoms with Crippen molar-refractivity contribution in [3.8, 4) is 11.1 Å². The summed E-state index contributed by atoms with van der Waals surface area (Å²) in [7, 11) is 0.